The first-order valence-corrected chi connectivity index (χ1v) is 6.20. The molecule has 2 heterocycles. The highest BCUT2D eigenvalue weighted by Crippen LogP contribution is 2.03. The molecule has 0 radical (unpaired) electrons. The van der Waals surface area contributed by atoms with Crippen molar-refractivity contribution in [3.05, 3.63) is 43.2 Å². The number of nitrogens with one attached hydrogen (secondary N) is 1. The Morgan fingerprint density at radius 3 is 3.00 bits per heavy atom. The van der Waals surface area contributed by atoms with E-state index in [1.165, 1.54) is 10.8 Å². The maximum Gasteiger partial charge on any atom is 0.328 e. The van der Waals surface area contributed by atoms with Crippen LogP contribution < -0.4 is 11.2 Å². The Kier molecular flexibility index (Phi) is 3.75. The number of H-pyrrole nitrogens is 1. The molecule has 0 saturated carbocycles. The summed E-state index contributed by atoms with van der Waals surface area (Å²) >= 11 is 3.05. The van der Waals surface area contributed by atoms with Crippen LogP contribution in [0.25, 0.3) is 0 Å². The van der Waals surface area contributed by atoms with Crippen molar-refractivity contribution in [2.75, 3.05) is 0 Å². The Morgan fingerprint density at radius 2 is 2.28 bits per heavy atom. The molecule has 2 rings (SSSR count). The molecule has 2 aromatic heterocycles. The Labute approximate surface area is 110 Å². The SMILES string of the molecule is CCCc1noc(Cn2cc(Br)c(=O)[nH]c2=O)n1. The second-order valence-electron chi connectivity index (χ2n) is 3.72. The number of hydrogen-bond donors (Lipinski definition) is 1. The fraction of sp³-hybridized carbons (Fsp3) is 0.400. The molecule has 1 N–H and O–H groups in total. The van der Waals surface area contributed by atoms with Crippen LogP contribution in [0.2, 0.25) is 0 Å². The van der Waals surface area contributed by atoms with Crippen LogP contribution in [0.3, 0.4) is 0 Å². The van der Waals surface area contributed by atoms with E-state index in [0.717, 1.165) is 12.8 Å². The third kappa shape index (κ3) is 2.76. The molecule has 0 fully saturated rings. The van der Waals surface area contributed by atoms with Crippen molar-refractivity contribution in [3.8, 4) is 0 Å². The molecule has 0 unspecified atom stereocenters. The first kappa shape index (κ1) is 12.7. The zero-order valence-electron chi connectivity index (χ0n) is 9.64. The van der Waals surface area contributed by atoms with Crippen molar-refractivity contribution in [3.63, 3.8) is 0 Å². The van der Waals surface area contributed by atoms with Gasteiger partial charge in [0.2, 0.25) is 5.89 Å². The predicted octanol–water partition coefficient (Wildman–Crippen LogP) is 0.683. The van der Waals surface area contributed by atoms with Gasteiger partial charge in [0.25, 0.3) is 5.56 Å². The van der Waals surface area contributed by atoms with Crippen molar-refractivity contribution >= 4 is 15.9 Å². The molecule has 0 bridgehead atoms. The van der Waals surface area contributed by atoms with E-state index in [0.29, 0.717) is 11.7 Å². The summed E-state index contributed by atoms with van der Waals surface area (Å²) in [6.45, 7) is 2.14. The third-order valence-corrected chi connectivity index (χ3v) is 2.82. The molecular weight excluding hydrogens is 304 g/mol. The monoisotopic (exact) mass is 314 g/mol. The van der Waals surface area contributed by atoms with Gasteiger partial charge in [-0.25, -0.2) is 4.79 Å². The smallest absolute Gasteiger partial charge is 0.328 e. The number of aromatic amines is 1. The number of nitrogens with zero attached hydrogens (tertiary/aromatic N) is 3. The average Bonchev–Trinajstić information content (AvgIpc) is 2.74. The van der Waals surface area contributed by atoms with Gasteiger partial charge in [0.15, 0.2) is 5.82 Å². The van der Waals surface area contributed by atoms with Crippen LogP contribution in [0.4, 0.5) is 0 Å². The van der Waals surface area contributed by atoms with Crippen LogP contribution in [0.15, 0.2) is 24.8 Å². The summed E-state index contributed by atoms with van der Waals surface area (Å²) in [5, 5.41) is 3.79. The first-order valence-electron chi connectivity index (χ1n) is 5.41. The molecule has 18 heavy (non-hydrogen) atoms. The summed E-state index contributed by atoms with van der Waals surface area (Å²) < 4.78 is 6.58. The summed E-state index contributed by atoms with van der Waals surface area (Å²) in [5.74, 6) is 0.948. The minimum absolute atomic E-state index is 0.130. The Balaban J connectivity index is 2.25. The maximum absolute atomic E-state index is 11.5. The van der Waals surface area contributed by atoms with Gasteiger partial charge in [-0.15, -0.1) is 0 Å². The van der Waals surface area contributed by atoms with Crippen molar-refractivity contribution in [2.45, 2.75) is 26.3 Å². The highest BCUT2D eigenvalue weighted by Gasteiger charge is 2.08. The fourth-order valence-electron chi connectivity index (χ4n) is 1.43. The van der Waals surface area contributed by atoms with E-state index in [1.54, 1.807) is 0 Å². The summed E-state index contributed by atoms with van der Waals surface area (Å²) in [6, 6.07) is 0. The van der Waals surface area contributed by atoms with E-state index in [4.69, 9.17) is 4.52 Å². The van der Waals surface area contributed by atoms with Gasteiger partial charge in [0.1, 0.15) is 6.54 Å². The van der Waals surface area contributed by atoms with Crippen LogP contribution in [-0.2, 0) is 13.0 Å². The maximum atomic E-state index is 11.5. The zero-order chi connectivity index (χ0) is 13.1. The van der Waals surface area contributed by atoms with Gasteiger partial charge in [0, 0.05) is 12.6 Å². The van der Waals surface area contributed by atoms with Gasteiger partial charge in [-0.3, -0.25) is 14.3 Å². The molecule has 96 valence electrons. The molecule has 8 heteroatoms. The number of halogens is 1. The first-order chi connectivity index (χ1) is 8.60. The van der Waals surface area contributed by atoms with Crippen LogP contribution in [0.1, 0.15) is 25.1 Å². The Bertz CT molecular complexity index is 658. The van der Waals surface area contributed by atoms with Crippen molar-refractivity contribution in [2.24, 2.45) is 0 Å². The van der Waals surface area contributed by atoms with Crippen LogP contribution in [0, 0.1) is 0 Å². The molecule has 0 aliphatic heterocycles. The zero-order valence-corrected chi connectivity index (χ0v) is 11.2. The van der Waals surface area contributed by atoms with E-state index in [1.807, 2.05) is 6.92 Å². The lowest BCUT2D eigenvalue weighted by Gasteiger charge is -2.00. The van der Waals surface area contributed by atoms with Crippen molar-refractivity contribution < 1.29 is 4.52 Å². The summed E-state index contributed by atoms with van der Waals surface area (Å²) in [7, 11) is 0. The molecule has 2 aromatic rings. The van der Waals surface area contributed by atoms with Crippen LogP contribution in [0.5, 0.6) is 0 Å². The van der Waals surface area contributed by atoms with E-state index in [2.05, 4.69) is 31.1 Å². The number of hydrogen-bond acceptors (Lipinski definition) is 5. The lowest BCUT2D eigenvalue weighted by Crippen LogP contribution is -2.30. The Morgan fingerprint density at radius 1 is 1.50 bits per heavy atom. The predicted molar refractivity (Wildman–Crippen MR) is 66.4 cm³/mol. The molecule has 0 aliphatic rings. The molecule has 0 spiro atoms. The highest BCUT2D eigenvalue weighted by molar-refractivity contribution is 9.10. The standard InChI is InChI=1S/C10H11BrN4O3/c1-2-3-7-12-8(18-14-7)5-15-4-6(11)9(16)13-10(15)17/h4H,2-3,5H2,1H3,(H,13,16,17). The third-order valence-electron chi connectivity index (χ3n) is 2.26. The van der Waals surface area contributed by atoms with Gasteiger partial charge >= 0.3 is 5.69 Å². The summed E-state index contributed by atoms with van der Waals surface area (Å²) in [4.78, 5) is 29.0. The van der Waals surface area contributed by atoms with Crippen molar-refractivity contribution in [1.82, 2.24) is 19.7 Å². The average molecular weight is 315 g/mol. The molecule has 0 atom stereocenters. The molecule has 0 saturated heterocycles. The summed E-state index contributed by atoms with van der Waals surface area (Å²) in [6.07, 6.45) is 3.04. The molecule has 0 amide bonds. The minimum atomic E-state index is -0.515. The molecule has 0 aromatic carbocycles. The van der Waals surface area contributed by atoms with Gasteiger partial charge in [-0.1, -0.05) is 12.1 Å². The molecular formula is C10H11BrN4O3. The Hall–Kier alpha value is -1.70. The minimum Gasteiger partial charge on any atom is -0.337 e. The fourth-order valence-corrected chi connectivity index (χ4v) is 1.77. The molecule has 0 aliphatic carbocycles. The number of rotatable bonds is 4. The second-order valence-corrected chi connectivity index (χ2v) is 4.57. The van der Waals surface area contributed by atoms with Crippen LogP contribution in [-0.4, -0.2) is 19.7 Å². The van der Waals surface area contributed by atoms with Gasteiger partial charge in [-0.05, 0) is 22.4 Å². The van der Waals surface area contributed by atoms with Crippen LogP contribution >= 0.6 is 15.9 Å². The number of aromatic nitrogens is 4. The quantitative estimate of drug-likeness (QED) is 0.895. The van der Waals surface area contributed by atoms with E-state index < -0.39 is 11.2 Å². The lowest BCUT2D eigenvalue weighted by atomic mass is 10.3. The van der Waals surface area contributed by atoms with E-state index in [9.17, 15) is 9.59 Å². The summed E-state index contributed by atoms with van der Waals surface area (Å²) in [5.41, 5.74) is -0.980. The topological polar surface area (TPSA) is 93.8 Å². The van der Waals surface area contributed by atoms with Crippen molar-refractivity contribution in [1.29, 1.82) is 0 Å². The van der Waals surface area contributed by atoms with Gasteiger partial charge < -0.3 is 4.52 Å². The largest absolute Gasteiger partial charge is 0.337 e. The van der Waals surface area contributed by atoms with E-state index >= 15 is 0 Å². The second kappa shape index (κ2) is 5.30. The number of aryl methyl sites for hydroxylation is 1. The highest BCUT2D eigenvalue weighted by atomic mass is 79.9. The normalized spacial score (nSPS) is 10.8. The van der Waals surface area contributed by atoms with E-state index in [-0.39, 0.29) is 11.0 Å². The van der Waals surface area contributed by atoms with Gasteiger partial charge in [0.05, 0.1) is 4.47 Å². The lowest BCUT2D eigenvalue weighted by molar-refractivity contribution is 0.363. The molecule has 7 nitrogen and oxygen atoms in total. The van der Waals surface area contributed by atoms with Gasteiger partial charge in [-0.2, -0.15) is 4.98 Å².